The van der Waals surface area contributed by atoms with Crippen LogP contribution in [0.2, 0.25) is 0 Å². The second kappa shape index (κ2) is 5.65. The largest absolute Gasteiger partial charge is 0.492 e. The van der Waals surface area contributed by atoms with E-state index in [9.17, 15) is 4.39 Å². The van der Waals surface area contributed by atoms with Crippen molar-refractivity contribution in [1.82, 2.24) is 0 Å². The number of hydrogen-bond donors (Lipinski definition) is 1. The minimum atomic E-state index is -0.226. The van der Waals surface area contributed by atoms with Crippen LogP contribution < -0.4 is 10.5 Å². The zero-order chi connectivity index (χ0) is 13.0. The molecule has 0 fully saturated rings. The van der Waals surface area contributed by atoms with Crippen molar-refractivity contribution >= 4 is 0 Å². The third-order valence-electron chi connectivity index (χ3n) is 2.54. The van der Waals surface area contributed by atoms with Crippen LogP contribution in [0.4, 0.5) is 4.39 Å². The van der Waals surface area contributed by atoms with Crippen molar-refractivity contribution in [3.05, 3.63) is 54.3 Å². The predicted octanol–water partition coefficient (Wildman–Crippen LogP) is 3.22. The Morgan fingerprint density at radius 1 is 1.00 bits per heavy atom. The molecular formula is C15H16FNO. The summed E-state index contributed by atoms with van der Waals surface area (Å²) in [6.45, 7) is 2.39. The molecule has 0 aromatic heterocycles. The Morgan fingerprint density at radius 2 is 1.50 bits per heavy atom. The fourth-order valence-corrected chi connectivity index (χ4v) is 1.61. The fraction of sp³-hybridized carbons (Fsp3) is 0.200. The zero-order valence-electron chi connectivity index (χ0n) is 10.3. The molecule has 2 N–H and O–H groups in total. The molecule has 0 aliphatic heterocycles. The number of halogens is 1. The number of ether oxygens (including phenoxy) is 1. The van der Waals surface area contributed by atoms with Crippen LogP contribution in [0.5, 0.6) is 5.75 Å². The van der Waals surface area contributed by atoms with Gasteiger partial charge in [0.05, 0.1) is 0 Å². The predicted molar refractivity (Wildman–Crippen MR) is 71.0 cm³/mol. The SMILES string of the molecule is CC(N)COc1ccc(-c2ccc(F)cc2)cc1. The maximum Gasteiger partial charge on any atom is 0.123 e. The van der Waals surface area contributed by atoms with E-state index in [2.05, 4.69) is 0 Å². The van der Waals surface area contributed by atoms with Gasteiger partial charge in [0.25, 0.3) is 0 Å². The molecule has 1 unspecified atom stereocenters. The summed E-state index contributed by atoms with van der Waals surface area (Å²) in [5.41, 5.74) is 7.63. The Bertz CT molecular complexity index is 491. The van der Waals surface area contributed by atoms with E-state index in [1.165, 1.54) is 12.1 Å². The standard InChI is InChI=1S/C15H16FNO/c1-11(17)10-18-15-8-4-13(5-9-15)12-2-6-14(16)7-3-12/h2-9,11H,10,17H2,1H3. The molecule has 0 spiro atoms. The van der Waals surface area contributed by atoms with Crippen molar-refractivity contribution < 1.29 is 9.13 Å². The molecule has 94 valence electrons. The normalized spacial score (nSPS) is 12.2. The van der Waals surface area contributed by atoms with Gasteiger partial charge in [-0.25, -0.2) is 4.39 Å². The maximum atomic E-state index is 12.8. The number of hydrogen-bond acceptors (Lipinski definition) is 2. The number of benzene rings is 2. The lowest BCUT2D eigenvalue weighted by Crippen LogP contribution is -2.23. The second-order valence-electron chi connectivity index (χ2n) is 4.32. The van der Waals surface area contributed by atoms with Gasteiger partial charge in [0.1, 0.15) is 18.2 Å². The molecular weight excluding hydrogens is 229 g/mol. The van der Waals surface area contributed by atoms with E-state index in [4.69, 9.17) is 10.5 Å². The summed E-state index contributed by atoms with van der Waals surface area (Å²) >= 11 is 0. The highest BCUT2D eigenvalue weighted by molar-refractivity contribution is 5.63. The highest BCUT2D eigenvalue weighted by Crippen LogP contribution is 2.22. The fourth-order valence-electron chi connectivity index (χ4n) is 1.61. The van der Waals surface area contributed by atoms with Gasteiger partial charge in [-0.1, -0.05) is 24.3 Å². The molecule has 0 radical (unpaired) electrons. The molecule has 2 aromatic rings. The van der Waals surface area contributed by atoms with Crippen molar-refractivity contribution in [3.63, 3.8) is 0 Å². The smallest absolute Gasteiger partial charge is 0.123 e. The van der Waals surface area contributed by atoms with E-state index in [1.54, 1.807) is 12.1 Å². The molecule has 18 heavy (non-hydrogen) atoms. The van der Waals surface area contributed by atoms with Gasteiger partial charge in [-0.3, -0.25) is 0 Å². The molecule has 3 heteroatoms. The van der Waals surface area contributed by atoms with Gasteiger partial charge in [0.2, 0.25) is 0 Å². The van der Waals surface area contributed by atoms with Crippen LogP contribution in [0, 0.1) is 5.82 Å². The number of nitrogens with two attached hydrogens (primary N) is 1. The van der Waals surface area contributed by atoms with E-state index >= 15 is 0 Å². The monoisotopic (exact) mass is 245 g/mol. The molecule has 0 saturated carbocycles. The van der Waals surface area contributed by atoms with Crippen LogP contribution in [-0.4, -0.2) is 12.6 Å². The second-order valence-corrected chi connectivity index (χ2v) is 4.32. The lowest BCUT2D eigenvalue weighted by molar-refractivity contribution is 0.296. The van der Waals surface area contributed by atoms with Crippen molar-refractivity contribution in [2.75, 3.05) is 6.61 Å². The molecule has 1 atom stereocenters. The first-order valence-electron chi connectivity index (χ1n) is 5.89. The van der Waals surface area contributed by atoms with E-state index in [0.717, 1.165) is 16.9 Å². The van der Waals surface area contributed by atoms with Gasteiger partial charge in [-0.15, -0.1) is 0 Å². The van der Waals surface area contributed by atoms with Gasteiger partial charge in [0.15, 0.2) is 0 Å². The minimum Gasteiger partial charge on any atom is -0.492 e. The summed E-state index contributed by atoms with van der Waals surface area (Å²) in [6, 6.07) is 14.1. The van der Waals surface area contributed by atoms with E-state index in [-0.39, 0.29) is 11.9 Å². The Labute approximate surface area is 106 Å². The number of rotatable bonds is 4. The molecule has 2 nitrogen and oxygen atoms in total. The van der Waals surface area contributed by atoms with Gasteiger partial charge in [-0.05, 0) is 42.3 Å². The molecule has 0 bridgehead atoms. The molecule has 0 amide bonds. The highest BCUT2D eigenvalue weighted by atomic mass is 19.1. The zero-order valence-corrected chi connectivity index (χ0v) is 10.3. The molecule has 0 aliphatic rings. The first-order valence-corrected chi connectivity index (χ1v) is 5.89. The van der Waals surface area contributed by atoms with Gasteiger partial charge >= 0.3 is 0 Å². The Hall–Kier alpha value is -1.87. The average molecular weight is 245 g/mol. The van der Waals surface area contributed by atoms with Crippen molar-refractivity contribution in [2.24, 2.45) is 5.73 Å². The Morgan fingerprint density at radius 3 is 2.00 bits per heavy atom. The van der Waals surface area contributed by atoms with Crippen LogP contribution in [0.3, 0.4) is 0 Å². The lowest BCUT2D eigenvalue weighted by atomic mass is 10.1. The van der Waals surface area contributed by atoms with Crippen molar-refractivity contribution in [1.29, 1.82) is 0 Å². The van der Waals surface area contributed by atoms with Crippen LogP contribution in [-0.2, 0) is 0 Å². The van der Waals surface area contributed by atoms with E-state index in [0.29, 0.717) is 6.61 Å². The van der Waals surface area contributed by atoms with Crippen LogP contribution >= 0.6 is 0 Å². The average Bonchev–Trinajstić information content (AvgIpc) is 2.38. The van der Waals surface area contributed by atoms with E-state index < -0.39 is 0 Å². The maximum absolute atomic E-state index is 12.8. The first kappa shape index (κ1) is 12.6. The van der Waals surface area contributed by atoms with Crippen molar-refractivity contribution in [2.45, 2.75) is 13.0 Å². The summed E-state index contributed by atoms with van der Waals surface area (Å²) in [5, 5.41) is 0. The quantitative estimate of drug-likeness (QED) is 0.897. The molecule has 2 aromatic carbocycles. The van der Waals surface area contributed by atoms with E-state index in [1.807, 2.05) is 31.2 Å². The molecule has 0 aliphatic carbocycles. The van der Waals surface area contributed by atoms with Crippen molar-refractivity contribution in [3.8, 4) is 16.9 Å². The molecule has 0 heterocycles. The third kappa shape index (κ3) is 3.31. The first-order chi connectivity index (χ1) is 8.65. The highest BCUT2D eigenvalue weighted by Gasteiger charge is 2.00. The van der Waals surface area contributed by atoms with Gasteiger partial charge in [-0.2, -0.15) is 0 Å². The third-order valence-corrected chi connectivity index (χ3v) is 2.54. The summed E-state index contributed by atoms with van der Waals surface area (Å²) < 4.78 is 18.3. The lowest BCUT2D eigenvalue weighted by Gasteiger charge is -2.09. The Balaban J connectivity index is 2.09. The van der Waals surface area contributed by atoms with Crippen LogP contribution in [0.25, 0.3) is 11.1 Å². The summed E-state index contributed by atoms with van der Waals surface area (Å²) in [6.07, 6.45) is 0. The summed E-state index contributed by atoms with van der Waals surface area (Å²) in [5.74, 6) is 0.564. The van der Waals surface area contributed by atoms with Gasteiger partial charge < -0.3 is 10.5 Å². The van der Waals surface area contributed by atoms with Crippen LogP contribution in [0.1, 0.15) is 6.92 Å². The summed E-state index contributed by atoms with van der Waals surface area (Å²) in [7, 11) is 0. The Kier molecular flexibility index (Phi) is 3.95. The topological polar surface area (TPSA) is 35.2 Å². The minimum absolute atomic E-state index is 0.0155. The molecule has 0 saturated heterocycles. The molecule has 2 rings (SSSR count). The van der Waals surface area contributed by atoms with Gasteiger partial charge in [0, 0.05) is 6.04 Å². The van der Waals surface area contributed by atoms with Crippen LogP contribution in [0.15, 0.2) is 48.5 Å². The summed E-state index contributed by atoms with van der Waals surface area (Å²) in [4.78, 5) is 0.